The van der Waals surface area contributed by atoms with Crippen molar-refractivity contribution in [3.8, 4) is 0 Å². The summed E-state index contributed by atoms with van der Waals surface area (Å²) < 4.78 is 18.8. The molecule has 1 aliphatic rings. The minimum absolute atomic E-state index is 0.0395. The van der Waals surface area contributed by atoms with E-state index in [1.807, 2.05) is 55.2 Å². The van der Waals surface area contributed by atoms with Crippen LogP contribution in [0.3, 0.4) is 0 Å². The largest absolute Gasteiger partial charge is 0.497 e. The van der Waals surface area contributed by atoms with Gasteiger partial charge in [-0.1, -0.05) is 42.5 Å². The summed E-state index contributed by atoms with van der Waals surface area (Å²) in [4.78, 5) is 30.8. The highest BCUT2D eigenvalue weighted by Crippen LogP contribution is 2.25. The van der Waals surface area contributed by atoms with Crippen LogP contribution in [0.4, 0.5) is 10.1 Å². The van der Waals surface area contributed by atoms with E-state index >= 15 is 0 Å². The summed E-state index contributed by atoms with van der Waals surface area (Å²) in [5.41, 5.74) is 4.10. The molecule has 0 atom stereocenters. The third-order valence-electron chi connectivity index (χ3n) is 6.90. The number of unbranched alkanes of at least 4 members (excludes halogenated alkanes) is 2. The summed E-state index contributed by atoms with van der Waals surface area (Å²) in [5, 5.41) is 8.87. The van der Waals surface area contributed by atoms with Crippen LogP contribution in [0.25, 0.3) is 6.08 Å². The van der Waals surface area contributed by atoms with Gasteiger partial charge in [-0.15, -0.1) is 0 Å². The fourth-order valence-electron chi connectivity index (χ4n) is 4.44. The van der Waals surface area contributed by atoms with E-state index in [4.69, 9.17) is 9.84 Å². The van der Waals surface area contributed by atoms with E-state index in [0.717, 1.165) is 55.1 Å². The summed E-state index contributed by atoms with van der Waals surface area (Å²) in [5.74, 6) is -0.431. The molecule has 1 amide bonds. The Balaban J connectivity index is 2.20. The molecule has 6 nitrogen and oxygen atoms in total. The van der Waals surface area contributed by atoms with Gasteiger partial charge in [0.15, 0.2) is 0 Å². The molecular formula is C36H45FN2O4. The van der Waals surface area contributed by atoms with Crippen LogP contribution < -0.4 is 0 Å². The predicted octanol–water partition coefficient (Wildman–Crippen LogP) is 9.08. The first-order chi connectivity index (χ1) is 20.8. The maximum absolute atomic E-state index is 13.5. The highest BCUT2D eigenvalue weighted by molar-refractivity contribution is 5.96. The van der Waals surface area contributed by atoms with Crippen molar-refractivity contribution in [3.63, 3.8) is 0 Å². The Labute approximate surface area is 256 Å². The number of carbonyl (C=O) groups is 2. The van der Waals surface area contributed by atoms with Crippen LogP contribution in [-0.4, -0.2) is 48.3 Å². The third kappa shape index (κ3) is 13.5. The zero-order valence-corrected chi connectivity index (χ0v) is 25.7. The van der Waals surface area contributed by atoms with Crippen molar-refractivity contribution >= 4 is 29.9 Å². The lowest BCUT2D eigenvalue weighted by Gasteiger charge is -2.22. The summed E-state index contributed by atoms with van der Waals surface area (Å²) in [6.07, 6.45) is 23.8. The molecule has 1 aliphatic carbocycles. The van der Waals surface area contributed by atoms with Crippen LogP contribution in [0, 0.1) is 0 Å². The van der Waals surface area contributed by atoms with Crippen LogP contribution in [0.15, 0.2) is 101 Å². The first kappa shape index (κ1) is 34.9. The fourth-order valence-corrected chi connectivity index (χ4v) is 4.44. The number of aliphatic imine (C=N–C) groups is 1. The molecule has 0 saturated carbocycles. The minimum atomic E-state index is -0.798. The monoisotopic (exact) mass is 588 g/mol. The molecule has 0 aliphatic heterocycles. The Hall–Kier alpha value is -4.26. The smallest absolute Gasteiger partial charge is 0.303 e. The van der Waals surface area contributed by atoms with E-state index in [1.165, 1.54) is 11.6 Å². The lowest BCUT2D eigenvalue weighted by molar-refractivity contribution is -0.137. The van der Waals surface area contributed by atoms with E-state index in [1.54, 1.807) is 25.5 Å². The maximum Gasteiger partial charge on any atom is 0.303 e. The number of halogens is 1. The van der Waals surface area contributed by atoms with E-state index in [9.17, 15) is 14.0 Å². The van der Waals surface area contributed by atoms with Gasteiger partial charge in [0.2, 0.25) is 0 Å². The maximum atomic E-state index is 13.5. The highest BCUT2D eigenvalue weighted by atomic mass is 19.1. The summed E-state index contributed by atoms with van der Waals surface area (Å²) in [6.45, 7) is 8.45. The molecule has 1 aromatic rings. The van der Waals surface area contributed by atoms with Gasteiger partial charge in [0, 0.05) is 36.9 Å². The number of rotatable bonds is 17. The average Bonchev–Trinajstić information content (AvgIpc) is 2.99. The van der Waals surface area contributed by atoms with Crippen molar-refractivity contribution in [2.75, 3.05) is 20.2 Å². The third-order valence-corrected chi connectivity index (χ3v) is 6.90. The molecule has 43 heavy (non-hydrogen) atoms. The lowest BCUT2D eigenvalue weighted by atomic mass is 10.0. The Morgan fingerprint density at radius 2 is 2.02 bits per heavy atom. The lowest BCUT2D eigenvalue weighted by Crippen LogP contribution is -2.31. The SMILES string of the molecule is C=C/C(F)=C\C=C(/C)C=Nc1ccc(C(=O)N(CC)CCC/C2=C/C(OC)=C\C=C/CC2)cc1/C=C/CCCCC(=O)O. The van der Waals surface area contributed by atoms with Gasteiger partial charge in [0.25, 0.3) is 5.91 Å². The van der Waals surface area contributed by atoms with Crippen LogP contribution in [0.5, 0.6) is 0 Å². The number of aliphatic carboxylic acids is 1. The zero-order chi connectivity index (χ0) is 31.5. The van der Waals surface area contributed by atoms with Gasteiger partial charge >= 0.3 is 5.97 Å². The van der Waals surface area contributed by atoms with Crippen molar-refractivity contribution in [3.05, 3.63) is 107 Å². The molecule has 230 valence electrons. The number of carbonyl (C=O) groups excluding carboxylic acids is 1. The number of hydrogen-bond donors (Lipinski definition) is 1. The minimum Gasteiger partial charge on any atom is -0.497 e. The van der Waals surface area contributed by atoms with Gasteiger partial charge in [-0.2, -0.15) is 0 Å². The molecule has 0 unspecified atom stereocenters. The van der Waals surface area contributed by atoms with Crippen molar-refractivity contribution in [2.45, 2.75) is 65.2 Å². The molecule has 0 saturated heterocycles. The van der Waals surface area contributed by atoms with Gasteiger partial charge in [0.1, 0.15) is 11.6 Å². The van der Waals surface area contributed by atoms with E-state index < -0.39 is 11.8 Å². The quantitative estimate of drug-likeness (QED) is 0.112. The predicted molar refractivity (Wildman–Crippen MR) is 175 cm³/mol. The molecule has 0 heterocycles. The Bertz CT molecular complexity index is 1310. The van der Waals surface area contributed by atoms with Crippen LogP contribution in [0.2, 0.25) is 0 Å². The average molecular weight is 589 g/mol. The molecule has 0 radical (unpaired) electrons. The first-order valence-corrected chi connectivity index (χ1v) is 14.9. The molecule has 1 N–H and O–H groups in total. The molecule has 0 bridgehead atoms. The number of allylic oxidation sites excluding steroid dienone is 11. The van der Waals surface area contributed by atoms with Crippen molar-refractivity contribution < 1.29 is 23.8 Å². The normalized spacial score (nSPS) is 17.5. The second-order valence-corrected chi connectivity index (χ2v) is 10.3. The Kier molecular flexibility index (Phi) is 16.1. The van der Waals surface area contributed by atoms with Crippen molar-refractivity contribution in [2.24, 2.45) is 4.99 Å². The second kappa shape index (κ2) is 19.8. The van der Waals surface area contributed by atoms with Gasteiger partial charge in [0.05, 0.1) is 12.8 Å². The highest BCUT2D eigenvalue weighted by Gasteiger charge is 2.16. The molecule has 2 rings (SSSR count). The number of carboxylic acid groups (broad SMARTS) is 1. The van der Waals surface area contributed by atoms with Crippen molar-refractivity contribution in [1.29, 1.82) is 0 Å². The van der Waals surface area contributed by atoms with Crippen LogP contribution in [-0.2, 0) is 9.53 Å². The molecular weight excluding hydrogens is 543 g/mol. The summed E-state index contributed by atoms with van der Waals surface area (Å²) in [7, 11) is 1.67. The molecule has 0 aromatic heterocycles. The first-order valence-electron chi connectivity index (χ1n) is 14.9. The second-order valence-electron chi connectivity index (χ2n) is 10.3. The van der Waals surface area contributed by atoms with Gasteiger partial charge in [-0.05, 0) is 107 Å². The summed E-state index contributed by atoms with van der Waals surface area (Å²) in [6, 6.07) is 5.46. The number of amides is 1. The topological polar surface area (TPSA) is 79.2 Å². The van der Waals surface area contributed by atoms with E-state index in [2.05, 4.69) is 23.7 Å². The number of ether oxygens (including phenoxy) is 1. The number of methoxy groups -OCH3 is 1. The number of carboxylic acids is 1. The van der Waals surface area contributed by atoms with E-state index in [0.29, 0.717) is 37.2 Å². The molecule has 0 spiro atoms. The van der Waals surface area contributed by atoms with Crippen LogP contribution in [0.1, 0.15) is 81.1 Å². The van der Waals surface area contributed by atoms with Crippen LogP contribution >= 0.6 is 0 Å². The summed E-state index contributed by atoms with van der Waals surface area (Å²) >= 11 is 0. The van der Waals surface area contributed by atoms with Gasteiger partial charge < -0.3 is 14.7 Å². The Morgan fingerprint density at radius 1 is 1.21 bits per heavy atom. The standard InChI is InChI=1S/C36H45FN2O4/c1-5-32(37)22-20-28(3)27-38-34-23-21-31(26-30(34)17-11-7-8-13-19-35(40)41)36(42)39(6-2)24-14-16-29-15-10-9-12-18-33(25-29)43-4/h5,9,11-12,17-18,20-23,25-27H,1,6-8,10,13-16,19,24H2,2-4H3,(H,40,41)/b12-9-,17-11+,28-20+,29-25+,32-22+,33-18+,38-27?. The molecule has 7 heteroatoms. The number of nitrogens with zero attached hydrogens (tertiary/aromatic N) is 2. The molecule has 0 fully saturated rings. The van der Waals surface area contributed by atoms with Crippen molar-refractivity contribution in [1.82, 2.24) is 4.90 Å². The fraction of sp³-hybridized carbons (Fsp3) is 0.361. The number of benzene rings is 1. The van der Waals surface area contributed by atoms with Gasteiger partial charge in [-0.3, -0.25) is 14.6 Å². The number of hydrogen-bond acceptors (Lipinski definition) is 4. The van der Waals surface area contributed by atoms with E-state index in [-0.39, 0.29) is 12.3 Å². The zero-order valence-electron chi connectivity index (χ0n) is 25.7. The van der Waals surface area contributed by atoms with Gasteiger partial charge in [-0.25, -0.2) is 4.39 Å². The Morgan fingerprint density at radius 3 is 2.74 bits per heavy atom. The molecule has 1 aromatic carbocycles.